The van der Waals surface area contributed by atoms with Crippen molar-refractivity contribution >= 4 is 0 Å². The van der Waals surface area contributed by atoms with Crippen LogP contribution in [0.25, 0.3) is 0 Å². The van der Waals surface area contributed by atoms with Gasteiger partial charge >= 0.3 is 0 Å². The number of rotatable bonds is 8. The van der Waals surface area contributed by atoms with Gasteiger partial charge in [0.1, 0.15) is 19.0 Å². The lowest BCUT2D eigenvalue weighted by atomic mass is 10.1. The van der Waals surface area contributed by atoms with Crippen LogP contribution in [0.5, 0.6) is 0 Å². The molecule has 0 rings (SSSR count). The van der Waals surface area contributed by atoms with Crippen LogP contribution in [0.15, 0.2) is 0 Å². The Labute approximate surface area is 95.4 Å². The number of ether oxygens (including phenoxy) is 2. The fourth-order valence-electron chi connectivity index (χ4n) is 0.954. The third-order valence-corrected chi connectivity index (χ3v) is 2.23. The first-order chi connectivity index (χ1) is 7.36. The summed E-state index contributed by atoms with van der Waals surface area (Å²) in [6, 6.07) is 0. The lowest BCUT2D eigenvalue weighted by molar-refractivity contribution is -0.151. The van der Waals surface area contributed by atoms with Crippen LogP contribution in [0.1, 0.15) is 20.8 Å². The van der Waals surface area contributed by atoms with Crippen molar-refractivity contribution in [3.05, 3.63) is 0 Å². The smallest absolute Gasteiger partial charge is 0.147 e. The van der Waals surface area contributed by atoms with Crippen molar-refractivity contribution in [2.24, 2.45) is 0 Å². The Morgan fingerprint density at radius 3 is 1.94 bits per heavy atom. The van der Waals surface area contributed by atoms with Gasteiger partial charge in [-0.1, -0.05) is 0 Å². The maximum atomic E-state index is 9.37. The van der Waals surface area contributed by atoms with E-state index in [-0.39, 0.29) is 13.4 Å². The summed E-state index contributed by atoms with van der Waals surface area (Å²) in [4.78, 5) is 0. The summed E-state index contributed by atoms with van der Waals surface area (Å²) in [5.41, 5.74) is 0. The van der Waals surface area contributed by atoms with Gasteiger partial charge in [0.25, 0.3) is 0 Å². The van der Waals surface area contributed by atoms with Crippen LogP contribution in [0, 0.1) is 0 Å². The molecule has 0 bridgehead atoms. The maximum absolute atomic E-state index is 9.37. The average Bonchev–Trinajstić information content (AvgIpc) is 2.22. The van der Waals surface area contributed by atoms with E-state index >= 15 is 0 Å². The largest absolute Gasteiger partial charge is 0.391 e. The molecule has 6 heteroatoms. The molecule has 6 nitrogen and oxygen atoms in total. The molecule has 0 amide bonds. The molecular weight excluding hydrogens is 216 g/mol. The van der Waals surface area contributed by atoms with E-state index in [9.17, 15) is 5.11 Å². The van der Waals surface area contributed by atoms with Crippen molar-refractivity contribution in [1.29, 1.82) is 0 Å². The predicted molar refractivity (Wildman–Crippen MR) is 56.7 cm³/mol. The van der Waals surface area contributed by atoms with Crippen LogP contribution in [-0.2, 0) is 9.47 Å². The van der Waals surface area contributed by atoms with Crippen LogP contribution >= 0.6 is 0 Å². The topological polar surface area (TPSA) is 99.4 Å². The van der Waals surface area contributed by atoms with Gasteiger partial charge in [0, 0.05) is 0 Å². The van der Waals surface area contributed by atoms with Crippen molar-refractivity contribution in [2.75, 3.05) is 13.4 Å². The first-order valence-corrected chi connectivity index (χ1v) is 5.27. The Hall–Kier alpha value is -0.240. The van der Waals surface area contributed by atoms with Crippen LogP contribution in [0.3, 0.4) is 0 Å². The van der Waals surface area contributed by atoms with Crippen LogP contribution in [-0.4, -0.2) is 64.3 Å². The highest BCUT2D eigenvalue weighted by Gasteiger charge is 2.20. The van der Waals surface area contributed by atoms with Crippen molar-refractivity contribution in [3.8, 4) is 0 Å². The average molecular weight is 238 g/mol. The molecule has 16 heavy (non-hydrogen) atoms. The summed E-state index contributed by atoms with van der Waals surface area (Å²) in [6.45, 7) is 4.35. The van der Waals surface area contributed by atoms with Gasteiger partial charge in [-0.15, -0.1) is 0 Å². The van der Waals surface area contributed by atoms with Gasteiger partial charge in [0.15, 0.2) is 0 Å². The summed E-state index contributed by atoms with van der Waals surface area (Å²) in [7, 11) is 0. The van der Waals surface area contributed by atoms with Gasteiger partial charge in [-0.25, -0.2) is 0 Å². The highest BCUT2D eigenvalue weighted by molar-refractivity contribution is 4.68. The second-order valence-electron chi connectivity index (χ2n) is 3.90. The Balaban J connectivity index is 3.59. The third-order valence-electron chi connectivity index (χ3n) is 2.23. The SMILES string of the molecule is CC(O)[C@H](O)C(C)OCOC[C@H](O)C(C)O. The monoisotopic (exact) mass is 238 g/mol. The lowest BCUT2D eigenvalue weighted by Gasteiger charge is -2.22. The zero-order chi connectivity index (χ0) is 12.7. The molecule has 0 aliphatic rings. The predicted octanol–water partition coefficient (Wildman–Crippen LogP) is -1.15. The van der Waals surface area contributed by atoms with Crippen LogP contribution in [0.4, 0.5) is 0 Å². The van der Waals surface area contributed by atoms with E-state index in [0.717, 1.165) is 0 Å². The minimum Gasteiger partial charge on any atom is -0.391 e. The molecule has 0 saturated carbocycles. The first-order valence-electron chi connectivity index (χ1n) is 5.27. The van der Waals surface area contributed by atoms with Crippen molar-refractivity contribution < 1.29 is 29.9 Å². The lowest BCUT2D eigenvalue weighted by Crippen LogP contribution is -2.36. The summed E-state index contributed by atoms with van der Waals surface area (Å²) in [6.07, 6.45) is -4.24. The number of hydrogen-bond donors (Lipinski definition) is 4. The minimum absolute atomic E-state index is 0.0465. The Morgan fingerprint density at radius 1 is 0.938 bits per heavy atom. The van der Waals surface area contributed by atoms with Gasteiger partial charge in [0.2, 0.25) is 0 Å². The van der Waals surface area contributed by atoms with Crippen LogP contribution < -0.4 is 0 Å². The van der Waals surface area contributed by atoms with Gasteiger partial charge < -0.3 is 29.9 Å². The number of hydrogen-bond acceptors (Lipinski definition) is 6. The minimum atomic E-state index is -0.981. The maximum Gasteiger partial charge on any atom is 0.147 e. The summed E-state index contributed by atoms with van der Waals surface area (Å²) >= 11 is 0. The molecule has 98 valence electrons. The van der Waals surface area contributed by atoms with Gasteiger partial charge in [-0.2, -0.15) is 0 Å². The quantitative estimate of drug-likeness (QED) is 0.315. The molecule has 0 spiro atoms. The van der Waals surface area contributed by atoms with Crippen LogP contribution in [0.2, 0.25) is 0 Å². The van der Waals surface area contributed by atoms with Gasteiger partial charge in [-0.05, 0) is 20.8 Å². The number of aliphatic hydroxyl groups is 4. The Morgan fingerprint density at radius 2 is 1.50 bits per heavy atom. The van der Waals surface area contributed by atoms with E-state index < -0.39 is 30.5 Å². The highest BCUT2D eigenvalue weighted by atomic mass is 16.7. The molecule has 5 atom stereocenters. The molecule has 0 fully saturated rings. The summed E-state index contributed by atoms with van der Waals surface area (Å²) in [5, 5.41) is 36.6. The van der Waals surface area contributed by atoms with E-state index in [1.54, 1.807) is 6.92 Å². The third kappa shape index (κ3) is 6.37. The molecule has 0 heterocycles. The first kappa shape index (κ1) is 15.8. The molecule has 3 unspecified atom stereocenters. The molecule has 0 aromatic carbocycles. The normalized spacial score (nSPS) is 21.2. The van der Waals surface area contributed by atoms with E-state index in [1.165, 1.54) is 13.8 Å². The molecule has 0 aliphatic heterocycles. The fourth-order valence-corrected chi connectivity index (χ4v) is 0.954. The van der Waals surface area contributed by atoms with Gasteiger partial charge in [0.05, 0.1) is 24.9 Å². The molecule has 0 radical (unpaired) electrons. The molecular formula is C10H22O6. The molecule has 0 aromatic heterocycles. The summed E-state index contributed by atoms with van der Waals surface area (Å²) < 4.78 is 10.0. The Bertz CT molecular complexity index is 173. The van der Waals surface area contributed by atoms with Crippen molar-refractivity contribution in [2.45, 2.75) is 51.3 Å². The van der Waals surface area contributed by atoms with E-state index in [2.05, 4.69) is 0 Å². The second kappa shape index (κ2) is 7.94. The van der Waals surface area contributed by atoms with Gasteiger partial charge in [-0.3, -0.25) is 0 Å². The summed E-state index contributed by atoms with van der Waals surface area (Å²) in [5.74, 6) is 0. The molecule has 4 N–H and O–H groups in total. The molecule has 0 aliphatic carbocycles. The standard InChI is InChI=1S/C10H22O6/c1-6(11)9(13)4-15-5-16-8(3)10(14)7(2)12/h6-14H,4-5H2,1-3H3/t6?,7?,8?,9-,10-/m0/s1. The van der Waals surface area contributed by atoms with E-state index in [1.807, 2.05) is 0 Å². The molecule has 0 saturated heterocycles. The highest BCUT2D eigenvalue weighted by Crippen LogP contribution is 2.03. The number of aliphatic hydroxyl groups excluding tert-OH is 4. The van der Waals surface area contributed by atoms with Crippen molar-refractivity contribution in [3.63, 3.8) is 0 Å². The Kier molecular flexibility index (Phi) is 7.82. The van der Waals surface area contributed by atoms with E-state index in [0.29, 0.717) is 0 Å². The zero-order valence-corrected chi connectivity index (χ0v) is 9.91. The second-order valence-corrected chi connectivity index (χ2v) is 3.90. The molecule has 0 aromatic rings. The van der Waals surface area contributed by atoms with E-state index in [4.69, 9.17) is 24.8 Å². The fraction of sp³-hybridized carbons (Fsp3) is 1.00. The zero-order valence-electron chi connectivity index (χ0n) is 9.91. The van der Waals surface area contributed by atoms with Crippen molar-refractivity contribution in [1.82, 2.24) is 0 Å².